The van der Waals surface area contributed by atoms with E-state index in [0.717, 1.165) is 6.29 Å². The number of carbonyl (C=O) groups is 2. The second kappa shape index (κ2) is 6.22. The van der Waals surface area contributed by atoms with Crippen LogP contribution < -0.4 is 5.32 Å². The van der Waals surface area contributed by atoms with Crippen LogP contribution in [0, 0.1) is 0 Å². The van der Waals surface area contributed by atoms with Crippen LogP contribution in [-0.4, -0.2) is 32.5 Å². The lowest BCUT2D eigenvalue weighted by Gasteiger charge is -1.99. The maximum atomic E-state index is 10.6. The Balaban J connectivity index is 3.13. The highest BCUT2D eigenvalue weighted by Gasteiger charge is 1.96. The van der Waals surface area contributed by atoms with Crippen molar-refractivity contribution in [2.24, 2.45) is 0 Å². The first-order valence-electron chi connectivity index (χ1n) is 3.00. The van der Waals surface area contributed by atoms with Crippen molar-refractivity contribution < 1.29 is 14.3 Å². The van der Waals surface area contributed by atoms with Gasteiger partial charge in [0.05, 0.1) is 0 Å². The van der Waals surface area contributed by atoms with E-state index >= 15 is 0 Å². The number of nitrogens with one attached hydrogen (secondary N) is 1. The van der Waals surface area contributed by atoms with Crippen molar-refractivity contribution in [3.05, 3.63) is 0 Å². The zero-order chi connectivity index (χ0) is 7.82. The molecule has 58 valence electrons. The molecule has 10 heavy (non-hydrogen) atoms. The Kier molecular flexibility index (Phi) is 5.66. The molecule has 0 saturated carbocycles. The van der Waals surface area contributed by atoms with Crippen molar-refractivity contribution in [1.82, 2.24) is 5.32 Å². The quantitative estimate of drug-likeness (QED) is 0.412. The molecule has 0 aliphatic rings. The lowest BCUT2D eigenvalue weighted by molar-refractivity contribution is -0.124. The molecular weight excluding hydrogens is 134 g/mol. The van der Waals surface area contributed by atoms with E-state index in [1.807, 2.05) is 0 Å². The molecule has 0 heterocycles. The van der Waals surface area contributed by atoms with E-state index < -0.39 is 0 Å². The van der Waals surface area contributed by atoms with Gasteiger partial charge in [-0.05, 0) is 0 Å². The van der Waals surface area contributed by atoms with E-state index in [1.165, 1.54) is 7.11 Å². The number of methoxy groups -OCH3 is 1. The molecule has 0 fully saturated rings. The predicted octanol–water partition coefficient (Wildman–Crippen LogP) is -0.662. The van der Waals surface area contributed by atoms with Crippen molar-refractivity contribution in [3.63, 3.8) is 0 Å². The first-order chi connectivity index (χ1) is 4.81. The van der Waals surface area contributed by atoms with Crippen LogP contribution in [0.3, 0.4) is 0 Å². The Morgan fingerprint density at radius 3 is 2.90 bits per heavy atom. The number of rotatable bonds is 5. The van der Waals surface area contributed by atoms with Crippen LogP contribution in [0.1, 0.15) is 6.42 Å². The number of carbonyl (C=O) groups excluding carboxylic acids is 2. The molecule has 0 aromatic heterocycles. The summed E-state index contributed by atoms with van der Waals surface area (Å²) in [7, 11) is 1.44. The molecule has 0 radical (unpaired) electrons. The Morgan fingerprint density at radius 1 is 1.70 bits per heavy atom. The topological polar surface area (TPSA) is 55.4 Å². The SMILES string of the molecule is COCC(=O)NCCC=O. The molecule has 0 aromatic carbocycles. The third-order valence-corrected chi connectivity index (χ3v) is 0.860. The van der Waals surface area contributed by atoms with Gasteiger partial charge in [-0.1, -0.05) is 0 Å². The van der Waals surface area contributed by atoms with Crippen LogP contribution in [0.15, 0.2) is 0 Å². The molecule has 0 aliphatic heterocycles. The largest absolute Gasteiger partial charge is 0.375 e. The number of hydrogen-bond acceptors (Lipinski definition) is 3. The molecule has 4 heteroatoms. The maximum Gasteiger partial charge on any atom is 0.245 e. The van der Waals surface area contributed by atoms with Crippen LogP contribution >= 0.6 is 0 Å². The third-order valence-electron chi connectivity index (χ3n) is 0.860. The Bertz CT molecular complexity index is 114. The minimum atomic E-state index is -0.190. The molecule has 0 rings (SSSR count). The zero-order valence-electron chi connectivity index (χ0n) is 5.92. The molecule has 0 aromatic rings. The van der Waals surface area contributed by atoms with Gasteiger partial charge in [0.25, 0.3) is 0 Å². The summed E-state index contributed by atoms with van der Waals surface area (Å²) in [5.41, 5.74) is 0. The average Bonchev–Trinajstić information content (AvgIpc) is 1.89. The minimum absolute atomic E-state index is 0.0544. The fraction of sp³-hybridized carbons (Fsp3) is 0.667. The van der Waals surface area contributed by atoms with Gasteiger partial charge >= 0.3 is 0 Å². The Hall–Kier alpha value is -0.900. The highest BCUT2D eigenvalue weighted by molar-refractivity contribution is 5.77. The lowest BCUT2D eigenvalue weighted by Crippen LogP contribution is -2.28. The summed E-state index contributed by atoms with van der Waals surface area (Å²) in [5.74, 6) is -0.190. The van der Waals surface area contributed by atoms with Crippen molar-refractivity contribution in [2.75, 3.05) is 20.3 Å². The normalized spacial score (nSPS) is 8.90. The molecule has 0 bridgehead atoms. The second-order valence-electron chi connectivity index (χ2n) is 1.74. The summed E-state index contributed by atoms with van der Waals surface area (Å²) in [5, 5.41) is 2.49. The van der Waals surface area contributed by atoms with Gasteiger partial charge in [0.1, 0.15) is 12.9 Å². The van der Waals surface area contributed by atoms with E-state index in [4.69, 9.17) is 0 Å². The number of hydrogen-bond donors (Lipinski definition) is 1. The number of aldehydes is 1. The number of amides is 1. The first-order valence-corrected chi connectivity index (χ1v) is 3.00. The van der Waals surface area contributed by atoms with Gasteiger partial charge in [-0.15, -0.1) is 0 Å². The number of ether oxygens (including phenoxy) is 1. The maximum absolute atomic E-state index is 10.6. The summed E-state index contributed by atoms with van der Waals surface area (Å²) >= 11 is 0. The third kappa shape index (κ3) is 5.24. The van der Waals surface area contributed by atoms with Crippen molar-refractivity contribution in [2.45, 2.75) is 6.42 Å². The van der Waals surface area contributed by atoms with E-state index in [9.17, 15) is 9.59 Å². The van der Waals surface area contributed by atoms with Crippen LogP contribution in [0.5, 0.6) is 0 Å². The van der Waals surface area contributed by atoms with Crippen LogP contribution in [-0.2, 0) is 14.3 Å². The molecule has 1 amide bonds. The van der Waals surface area contributed by atoms with Gasteiger partial charge < -0.3 is 14.8 Å². The van der Waals surface area contributed by atoms with E-state index in [1.54, 1.807) is 0 Å². The fourth-order valence-corrected chi connectivity index (χ4v) is 0.453. The predicted molar refractivity (Wildman–Crippen MR) is 35.6 cm³/mol. The van der Waals surface area contributed by atoms with Crippen molar-refractivity contribution in [3.8, 4) is 0 Å². The zero-order valence-corrected chi connectivity index (χ0v) is 5.92. The molecule has 0 spiro atoms. The molecule has 0 unspecified atom stereocenters. The van der Waals surface area contributed by atoms with Gasteiger partial charge in [-0.25, -0.2) is 0 Å². The summed E-state index contributed by atoms with van der Waals surface area (Å²) < 4.78 is 4.53. The van der Waals surface area contributed by atoms with Gasteiger partial charge in [0, 0.05) is 20.1 Å². The highest BCUT2D eigenvalue weighted by atomic mass is 16.5. The smallest absolute Gasteiger partial charge is 0.245 e. The highest BCUT2D eigenvalue weighted by Crippen LogP contribution is 1.70. The lowest BCUT2D eigenvalue weighted by atomic mass is 10.4. The minimum Gasteiger partial charge on any atom is -0.375 e. The monoisotopic (exact) mass is 145 g/mol. The summed E-state index contributed by atoms with van der Waals surface area (Å²) in [6, 6.07) is 0. The molecular formula is C6H11NO3. The summed E-state index contributed by atoms with van der Waals surface area (Å²) in [6.45, 7) is 0.449. The summed E-state index contributed by atoms with van der Waals surface area (Å²) in [6.07, 6.45) is 1.11. The van der Waals surface area contributed by atoms with Crippen molar-refractivity contribution in [1.29, 1.82) is 0 Å². The molecule has 0 saturated heterocycles. The Labute approximate surface area is 59.6 Å². The van der Waals surface area contributed by atoms with E-state index in [2.05, 4.69) is 10.1 Å². The Morgan fingerprint density at radius 2 is 2.40 bits per heavy atom. The standard InChI is InChI=1S/C6H11NO3/c1-10-5-6(9)7-3-2-4-8/h4H,2-3,5H2,1H3,(H,7,9). The van der Waals surface area contributed by atoms with Gasteiger partial charge in [-0.3, -0.25) is 4.79 Å². The van der Waals surface area contributed by atoms with Gasteiger partial charge in [0.2, 0.25) is 5.91 Å². The fourth-order valence-electron chi connectivity index (χ4n) is 0.453. The molecule has 0 aliphatic carbocycles. The van der Waals surface area contributed by atoms with E-state index in [-0.39, 0.29) is 12.5 Å². The van der Waals surface area contributed by atoms with Gasteiger partial charge in [0.15, 0.2) is 0 Å². The molecule has 1 N–H and O–H groups in total. The van der Waals surface area contributed by atoms with Crippen molar-refractivity contribution >= 4 is 12.2 Å². The second-order valence-corrected chi connectivity index (χ2v) is 1.74. The molecule has 4 nitrogen and oxygen atoms in total. The van der Waals surface area contributed by atoms with Gasteiger partial charge in [-0.2, -0.15) is 0 Å². The van der Waals surface area contributed by atoms with Crippen LogP contribution in [0.25, 0.3) is 0 Å². The van der Waals surface area contributed by atoms with Crippen LogP contribution in [0.2, 0.25) is 0 Å². The first kappa shape index (κ1) is 9.10. The summed E-state index contributed by atoms with van der Waals surface area (Å²) in [4.78, 5) is 20.3. The molecule has 0 atom stereocenters. The van der Waals surface area contributed by atoms with Crippen LogP contribution in [0.4, 0.5) is 0 Å². The van der Waals surface area contributed by atoms with E-state index in [0.29, 0.717) is 13.0 Å². The average molecular weight is 145 g/mol.